The Balaban J connectivity index is 1.32. The van der Waals surface area contributed by atoms with E-state index >= 15 is 0 Å². The highest BCUT2D eigenvalue weighted by Crippen LogP contribution is 2.28. The molecular weight excluding hydrogens is 474 g/mol. The molecule has 8 nitrogen and oxygen atoms in total. The summed E-state index contributed by atoms with van der Waals surface area (Å²) in [5, 5.41) is 12.1. The van der Waals surface area contributed by atoms with Crippen molar-refractivity contribution in [3.63, 3.8) is 0 Å². The van der Waals surface area contributed by atoms with E-state index in [1.54, 1.807) is 6.20 Å². The summed E-state index contributed by atoms with van der Waals surface area (Å²) in [6.07, 6.45) is 4.96. The Morgan fingerprint density at radius 3 is 3.00 bits per heavy atom. The van der Waals surface area contributed by atoms with Gasteiger partial charge in [-0.1, -0.05) is 45.1 Å². The lowest BCUT2D eigenvalue weighted by molar-refractivity contribution is -0.113. The topological polar surface area (TPSA) is 112 Å². The summed E-state index contributed by atoms with van der Waals surface area (Å²) in [7, 11) is 0. The van der Waals surface area contributed by atoms with Gasteiger partial charge in [0.25, 0.3) is 0 Å². The first-order chi connectivity index (χ1) is 14.1. The molecule has 4 rings (SSSR count). The molecule has 0 aliphatic carbocycles. The summed E-state index contributed by atoms with van der Waals surface area (Å²) in [5.74, 6) is 6.73. The number of aromatic nitrogens is 5. The van der Waals surface area contributed by atoms with Gasteiger partial charge in [-0.15, -0.1) is 10.2 Å². The quantitative estimate of drug-likeness (QED) is 0.302. The molecule has 1 amide bonds. The highest BCUT2D eigenvalue weighted by atomic mass is 79.9. The predicted molar refractivity (Wildman–Crippen MR) is 118 cm³/mol. The molecular formula is C18H16BrN7OS2. The molecule has 0 spiro atoms. The maximum atomic E-state index is 12.3. The Hall–Kier alpha value is -2.50. The fraction of sp³-hybridized carbons (Fsp3) is 0.167. The first-order valence-electron chi connectivity index (χ1n) is 8.65. The first kappa shape index (κ1) is 19.8. The molecule has 1 aromatic carbocycles. The van der Waals surface area contributed by atoms with E-state index in [1.807, 2.05) is 36.5 Å². The van der Waals surface area contributed by atoms with Crippen molar-refractivity contribution in [1.29, 1.82) is 0 Å². The Morgan fingerprint density at radius 2 is 2.17 bits per heavy atom. The van der Waals surface area contributed by atoms with E-state index in [-0.39, 0.29) is 11.7 Å². The van der Waals surface area contributed by atoms with Crippen LogP contribution < -0.4 is 11.2 Å². The van der Waals surface area contributed by atoms with E-state index in [0.717, 1.165) is 26.7 Å². The monoisotopic (exact) mass is 489 g/mol. The number of nitrogens with two attached hydrogens (primary N) is 1. The van der Waals surface area contributed by atoms with Crippen LogP contribution in [0, 0.1) is 0 Å². The summed E-state index contributed by atoms with van der Waals surface area (Å²) >= 11 is 6.10. The molecule has 0 atom stereocenters. The molecule has 0 aliphatic heterocycles. The van der Waals surface area contributed by atoms with Gasteiger partial charge in [-0.05, 0) is 36.2 Å². The van der Waals surface area contributed by atoms with Gasteiger partial charge in [0.05, 0.1) is 16.0 Å². The summed E-state index contributed by atoms with van der Waals surface area (Å²) in [6.45, 7) is 0. The molecule has 0 aliphatic rings. The summed E-state index contributed by atoms with van der Waals surface area (Å²) in [4.78, 5) is 20.8. The number of thiazole rings is 1. The molecule has 148 valence electrons. The molecule has 29 heavy (non-hydrogen) atoms. The number of amides is 1. The van der Waals surface area contributed by atoms with Crippen LogP contribution in [0.1, 0.15) is 11.4 Å². The molecule has 11 heteroatoms. The van der Waals surface area contributed by atoms with Gasteiger partial charge in [-0.2, -0.15) is 0 Å². The molecule has 3 N–H and O–H groups in total. The van der Waals surface area contributed by atoms with Crippen molar-refractivity contribution >= 4 is 60.3 Å². The van der Waals surface area contributed by atoms with Crippen LogP contribution in [0.3, 0.4) is 0 Å². The molecule has 0 saturated heterocycles. The first-order valence-corrected chi connectivity index (χ1v) is 11.2. The number of fused-ring (bicyclic) bond motifs is 1. The number of carbonyl (C=O) groups is 1. The number of pyridine rings is 1. The van der Waals surface area contributed by atoms with Crippen LogP contribution in [0.2, 0.25) is 0 Å². The van der Waals surface area contributed by atoms with Crippen LogP contribution in [0.4, 0.5) is 5.13 Å². The summed E-state index contributed by atoms with van der Waals surface area (Å²) < 4.78 is 3.41. The van der Waals surface area contributed by atoms with Gasteiger partial charge in [0.1, 0.15) is 0 Å². The minimum atomic E-state index is -0.173. The normalized spacial score (nSPS) is 11.1. The van der Waals surface area contributed by atoms with E-state index in [2.05, 4.69) is 41.4 Å². The number of hydrogen-bond donors (Lipinski definition) is 2. The zero-order valence-corrected chi connectivity index (χ0v) is 18.3. The van der Waals surface area contributed by atoms with Crippen LogP contribution >= 0.6 is 39.0 Å². The minimum absolute atomic E-state index is 0.164. The van der Waals surface area contributed by atoms with Crippen molar-refractivity contribution in [3.8, 4) is 0 Å². The smallest absolute Gasteiger partial charge is 0.236 e. The number of halogens is 1. The van der Waals surface area contributed by atoms with Crippen LogP contribution in [-0.2, 0) is 17.6 Å². The Kier molecular flexibility index (Phi) is 6.07. The third kappa shape index (κ3) is 4.92. The van der Waals surface area contributed by atoms with Crippen LogP contribution in [0.25, 0.3) is 10.2 Å². The predicted octanol–water partition coefficient (Wildman–Crippen LogP) is 3.28. The van der Waals surface area contributed by atoms with Crippen molar-refractivity contribution in [2.75, 3.05) is 16.9 Å². The van der Waals surface area contributed by atoms with Crippen LogP contribution in [-0.4, -0.2) is 36.5 Å². The average molecular weight is 490 g/mol. The van der Waals surface area contributed by atoms with Crippen molar-refractivity contribution in [3.05, 3.63) is 58.6 Å². The molecule has 4 aromatic rings. The van der Waals surface area contributed by atoms with E-state index in [9.17, 15) is 4.79 Å². The number of hydrogen-bond acceptors (Lipinski definition) is 8. The fourth-order valence-electron chi connectivity index (χ4n) is 2.62. The summed E-state index contributed by atoms with van der Waals surface area (Å²) in [5.41, 5.74) is 1.95. The van der Waals surface area contributed by atoms with Gasteiger partial charge in [0.2, 0.25) is 11.1 Å². The van der Waals surface area contributed by atoms with Crippen LogP contribution in [0.5, 0.6) is 0 Å². The Labute approximate surface area is 183 Å². The number of aryl methyl sites for hydroxylation is 2. The van der Waals surface area contributed by atoms with Crippen LogP contribution in [0.15, 0.2) is 52.4 Å². The number of rotatable bonds is 7. The Morgan fingerprint density at radius 1 is 1.28 bits per heavy atom. The van der Waals surface area contributed by atoms with Gasteiger partial charge in [0.15, 0.2) is 11.0 Å². The lowest BCUT2D eigenvalue weighted by atomic mass is 10.1. The lowest BCUT2D eigenvalue weighted by Gasteiger charge is -2.04. The number of nitrogen functional groups attached to an aromatic ring is 1. The maximum absolute atomic E-state index is 12.3. The SMILES string of the molecule is Nn1c(CCc2cccnc2)nnc1SCC(=O)Nc1nc2ccc(Br)cc2s1. The third-order valence-corrected chi connectivity index (χ3v) is 6.39. The van der Waals surface area contributed by atoms with Gasteiger partial charge in [0, 0.05) is 23.3 Å². The van der Waals surface area contributed by atoms with Crippen molar-refractivity contribution in [2.45, 2.75) is 18.0 Å². The third-order valence-electron chi connectivity index (χ3n) is 4.02. The number of nitrogens with zero attached hydrogens (tertiary/aromatic N) is 5. The maximum Gasteiger partial charge on any atom is 0.236 e. The number of thioether (sulfide) groups is 1. The van der Waals surface area contributed by atoms with Gasteiger partial charge < -0.3 is 11.2 Å². The van der Waals surface area contributed by atoms with Gasteiger partial charge in [-0.3, -0.25) is 9.78 Å². The highest BCUT2D eigenvalue weighted by Gasteiger charge is 2.14. The number of carbonyl (C=O) groups excluding carboxylic acids is 1. The molecule has 0 radical (unpaired) electrons. The molecule has 0 unspecified atom stereocenters. The van der Waals surface area contributed by atoms with E-state index < -0.39 is 0 Å². The minimum Gasteiger partial charge on any atom is -0.336 e. The van der Waals surface area contributed by atoms with Crippen molar-refractivity contribution in [2.24, 2.45) is 0 Å². The van der Waals surface area contributed by atoms with Gasteiger partial charge >= 0.3 is 0 Å². The van der Waals surface area contributed by atoms with E-state index in [0.29, 0.717) is 22.5 Å². The Bertz CT molecular complexity index is 1150. The van der Waals surface area contributed by atoms with E-state index in [4.69, 9.17) is 5.84 Å². The number of benzene rings is 1. The number of nitrogens with one attached hydrogen (secondary N) is 1. The second-order valence-electron chi connectivity index (χ2n) is 6.10. The summed E-state index contributed by atoms with van der Waals surface area (Å²) in [6, 6.07) is 9.70. The van der Waals surface area contributed by atoms with Crippen molar-refractivity contribution in [1.82, 2.24) is 24.8 Å². The lowest BCUT2D eigenvalue weighted by Crippen LogP contribution is -2.17. The van der Waals surface area contributed by atoms with E-state index in [1.165, 1.54) is 27.8 Å². The molecule has 0 fully saturated rings. The molecule has 0 saturated carbocycles. The average Bonchev–Trinajstić information content (AvgIpc) is 3.27. The standard InChI is InChI=1S/C18H16BrN7OS2/c19-12-4-5-13-14(8-12)29-17(22-13)23-16(27)10-28-18-25-24-15(26(18)20)6-3-11-2-1-7-21-9-11/h1-2,4-5,7-9H,3,6,10,20H2,(H,22,23,27). The molecule has 0 bridgehead atoms. The fourth-order valence-corrected chi connectivity index (χ4v) is 4.72. The molecule has 3 heterocycles. The van der Waals surface area contributed by atoms with Gasteiger partial charge in [-0.25, -0.2) is 9.66 Å². The largest absolute Gasteiger partial charge is 0.336 e. The second-order valence-corrected chi connectivity index (χ2v) is 8.99. The van der Waals surface area contributed by atoms with Crippen molar-refractivity contribution < 1.29 is 4.79 Å². The molecule has 3 aromatic heterocycles. The zero-order valence-electron chi connectivity index (χ0n) is 15.1. The second kappa shape index (κ2) is 8.89. The zero-order chi connectivity index (χ0) is 20.2. The number of anilines is 1. The highest BCUT2D eigenvalue weighted by molar-refractivity contribution is 9.10.